The molecule has 2 aromatic rings. The number of likely N-dealkylation sites (tertiary alicyclic amines) is 1. The number of oxazole rings is 1. The summed E-state index contributed by atoms with van der Waals surface area (Å²) < 4.78 is 5.01. The Bertz CT molecular complexity index is 789. The van der Waals surface area contributed by atoms with E-state index in [0.29, 0.717) is 21.3 Å². The number of halogens is 2. The lowest BCUT2D eigenvalue weighted by Gasteiger charge is -2.35. The third-order valence-electron chi connectivity index (χ3n) is 5.18. The van der Waals surface area contributed by atoms with Gasteiger partial charge < -0.3 is 19.5 Å². The van der Waals surface area contributed by atoms with Crippen LogP contribution in [0, 0.1) is 0 Å². The van der Waals surface area contributed by atoms with E-state index in [1.807, 2.05) is 26.1 Å². The largest absolute Gasteiger partial charge is 0.451 e. The maximum atomic E-state index is 12.7. The van der Waals surface area contributed by atoms with E-state index >= 15 is 0 Å². The Labute approximate surface area is 169 Å². The Balaban J connectivity index is 1.69. The lowest BCUT2D eigenvalue weighted by atomic mass is 10.0. The van der Waals surface area contributed by atoms with Crippen molar-refractivity contribution in [2.45, 2.75) is 31.8 Å². The molecule has 6 nitrogen and oxygen atoms in total. The maximum absolute atomic E-state index is 12.7. The summed E-state index contributed by atoms with van der Waals surface area (Å²) in [6, 6.07) is 3.57. The lowest BCUT2D eigenvalue weighted by Crippen LogP contribution is -2.48. The van der Waals surface area contributed by atoms with Gasteiger partial charge in [-0.3, -0.25) is 0 Å². The fourth-order valence-electron chi connectivity index (χ4n) is 3.36. The van der Waals surface area contributed by atoms with Gasteiger partial charge in [-0.1, -0.05) is 35.3 Å². The highest BCUT2D eigenvalue weighted by atomic mass is 35.5. The quantitative estimate of drug-likeness (QED) is 0.808. The van der Waals surface area contributed by atoms with Crippen LogP contribution in [0.25, 0.3) is 11.3 Å². The number of amides is 2. The summed E-state index contributed by atoms with van der Waals surface area (Å²) in [5, 5.41) is 3.83. The van der Waals surface area contributed by atoms with Crippen molar-refractivity contribution in [1.29, 1.82) is 0 Å². The molecule has 0 aliphatic carbocycles. The van der Waals surface area contributed by atoms with E-state index in [4.69, 9.17) is 27.6 Å². The minimum Gasteiger partial charge on any atom is -0.451 e. The first kappa shape index (κ1) is 20.0. The third kappa shape index (κ3) is 4.39. The van der Waals surface area contributed by atoms with E-state index in [9.17, 15) is 4.79 Å². The Morgan fingerprint density at radius 2 is 2.04 bits per heavy atom. The standard InChI is InChI=1S/C19H24Cl2N4O2/c1-12(23-19(26)25(3)13-6-8-24(2)9-7-13)14-4-5-15(18(21)17(14)20)16-10-27-11-22-16/h4-5,10-13H,6-9H2,1-3H3,(H,23,26). The van der Waals surface area contributed by atoms with Crippen LogP contribution in [0.5, 0.6) is 0 Å². The first-order valence-electron chi connectivity index (χ1n) is 8.96. The molecular weight excluding hydrogens is 387 g/mol. The molecule has 3 rings (SSSR count). The molecule has 0 saturated carbocycles. The van der Waals surface area contributed by atoms with Crippen LogP contribution in [0.2, 0.25) is 10.0 Å². The molecule has 1 atom stereocenters. The summed E-state index contributed by atoms with van der Waals surface area (Å²) in [7, 11) is 3.95. The minimum atomic E-state index is -0.275. The Hall–Kier alpha value is -1.76. The van der Waals surface area contributed by atoms with Crippen LogP contribution in [-0.4, -0.2) is 54.0 Å². The fourth-order valence-corrected chi connectivity index (χ4v) is 3.95. The number of benzene rings is 1. The molecule has 146 valence electrons. The molecule has 1 saturated heterocycles. The van der Waals surface area contributed by atoms with Crippen molar-refractivity contribution >= 4 is 29.2 Å². The number of aromatic nitrogens is 1. The Morgan fingerprint density at radius 1 is 1.33 bits per heavy atom. The van der Waals surface area contributed by atoms with E-state index in [2.05, 4.69) is 22.2 Å². The summed E-state index contributed by atoms with van der Waals surface area (Å²) in [6.45, 7) is 3.90. The van der Waals surface area contributed by atoms with Crippen LogP contribution in [-0.2, 0) is 0 Å². The van der Waals surface area contributed by atoms with Gasteiger partial charge in [0, 0.05) is 18.7 Å². The van der Waals surface area contributed by atoms with Gasteiger partial charge in [-0.2, -0.15) is 0 Å². The fraction of sp³-hybridized carbons (Fsp3) is 0.474. The second-order valence-corrected chi connectivity index (χ2v) is 7.78. The number of piperidine rings is 1. The number of carbonyl (C=O) groups is 1. The highest BCUT2D eigenvalue weighted by molar-refractivity contribution is 6.44. The number of nitrogens with zero attached hydrogens (tertiary/aromatic N) is 3. The smallest absolute Gasteiger partial charge is 0.317 e. The Morgan fingerprint density at radius 3 is 2.67 bits per heavy atom. The molecule has 1 unspecified atom stereocenters. The average molecular weight is 411 g/mol. The van der Waals surface area contributed by atoms with Crippen LogP contribution < -0.4 is 5.32 Å². The van der Waals surface area contributed by atoms with Crippen LogP contribution in [0.4, 0.5) is 4.79 Å². The van der Waals surface area contributed by atoms with E-state index in [1.54, 1.807) is 4.90 Å². The molecule has 2 heterocycles. The zero-order chi connectivity index (χ0) is 19.6. The number of urea groups is 1. The summed E-state index contributed by atoms with van der Waals surface area (Å²) in [5.41, 5.74) is 2.08. The zero-order valence-electron chi connectivity index (χ0n) is 15.7. The summed E-state index contributed by atoms with van der Waals surface area (Å²) in [5.74, 6) is 0. The predicted octanol–water partition coefficient (Wildman–Crippen LogP) is 4.45. The van der Waals surface area contributed by atoms with Crippen LogP contribution >= 0.6 is 23.2 Å². The van der Waals surface area contributed by atoms with Crippen molar-refractivity contribution in [3.63, 3.8) is 0 Å². The monoisotopic (exact) mass is 410 g/mol. The molecular formula is C19H24Cl2N4O2. The normalized spacial score (nSPS) is 16.9. The molecule has 0 spiro atoms. The number of hydrogen-bond donors (Lipinski definition) is 1. The second-order valence-electron chi connectivity index (χ2n) is 7.02. The van der Waals surface area contributed by atoms with E-state index < -0.39 is 0 Å². The minimum absolute atomic E-state index is 0.107. The first-order chi connectivity index (χ1) is 12.9. The second kappa shape index (κ2) is 8.50. The molecule has 0 bridgehead atoms. The topological polar surface area (TPSA) is 61.6 Å². The molecule has 1 N–H and O–H groups in total. The number of nitrogens with one attached hydrogen (secondary N) is 1. The summed E-state index contributed by atoms with van der Waals surface area (Å²) >= 11 is 12.9. The molecule has 1 aromatic heterocycles. The van der Waals surface area contributed by atoms with Crippen molar-refractivity contribution in [3.8, 4) is 11.3 Å². The number of carbonyl (C=O) groups excluding carboxylic acids is 1. The van der Waals surface area contributed by atoms with Gasteiger partial charge in [-0.15, -0.1) is 0 Å². The SMILES string of the molecule is CC(NC(=O)N(C)C1CCN(C)CC1)c1ccc(-c2cocn2)c(Cl)c1Cl. The van der Waals surface area contributed by atoms with Gasteiger partial charge in [0.1, 0.15) is 12.0 Å². The molecule has 1 fully saturated rings. The van der Waals surface area contributed by atoms with Gasteiger partial charge in [0.25, 0.3) is 0 Å². The molecule has 8 heteroatoms. The van der Waals surface area contributed by atoms with E-state index in [0.717, 1.165) is 31.5 Å². The van der Waals surface area contributed by atoms with Gasteiger partial charge in [0.15, 0.2) is 6.39 Å². The van der Waals surface area contributed by atoms with Crippen molar-refractivity contribution in [1.82, 2.24) is 20.1 Å². The zero-order valence-corrected chi connectivity index (χ0v) is 17.2. The van der Waals surface area contributed by atoms with Crippen molar-refractivity contribution < 1.29 is 9.21 Å². The molecule has 1 aromatic carbocycles. The maximum Gasteiger partial charge on any atom is 0.317 e. The van der Waals surface area contributed by atoms with Gasteiger partial charge in [-0.05, 0) is 45.5 Å². The summed E-state index contributed by atoms with van der Waals surface area (Å²) in [6.07, 6.45) is 4.82. The van der Waals surface area contributed by atoms with Gasteiger partial charge >= 0.3 is 6.03 Å². The van der Waals surface area contributed by atoms with Crippen molar-refractivity contribution in [2.24, 2.45) is 0 Å². The summed E-state index contributed by atoms with van der Waals surface area (Å²) in [4.78, 5) is 20.8. The lowest BCUT2D eigenvalue weighted by molar-refractivity contribution is 0.146. The highest BCUT2D eigenvalue weighted by Crippen LogP contribution is 2.37. The van der Waals surface area contributed by atoms with E-state index in [1.165, 1.54) is 12.7 Å². The molecule has 27 heavy (non-hydrogen) atoms. The van der Waals surface area contributed by atoms with E-state index in [-0.39, 0.29) is 18.1 Å². The van der Waals surface area contributed by atoms with Gasteiger partial charge in [-0.25, -0.2) is 9.78 Å². The van der Waals surface area contributed by atoms with Gasteiger partial charge in [0.05, 0.1) is 16.1 Å². The average Bonchev–Trinajstić information content (AvgIpc) is 3.18. The third-order valence-corrected chi connectivity index (χ3v) is 6.08. The number of rotatable bonds is 4. The highest BCUT2D eigenvalue weighted by Gasteiger charge is 2.25. The van der Waals surface area contributed by atoms with Crippen LogP contribution in [0.15, 0.2) is 29.2 Å². The Kier molecular flexibility index (Phi) is 6.29. The molecule has 0 radical (unpaired) electrons. The van der Waals surface area contributed by atoms with Crippen molar-refractivity contribution in [3.05, 3.63) is 40.4 Å². The molecule has 1 aliphatic rings. The van der Waals surface area contributed by atoms with Crippen LogP contribution in [0.3, 0.4) is 0 Å². The number of hydrogen-bond acceptors (Lipinski definition) is 4. The van der Waals surface area contributed by atoms with Crippen molar-refractivity contribution in [2.75, 3.05) is 27.2 Å². The van der Waals surface area contributed by atoms with Gasteiger partial charge in [0.2, 0.25) is 0 Å². The molecule has 2 amide bonds. The predicted molar refractivity (Wildman–Crippen MR) is 107 cm³/mol. The van der Waals surface area contributed by atoms with Crippen LogP contribution in [0.1, 0.15) is 31.4 Å². The first-order valence-corrected chi connectivity index (χ1v) is 9.72. The molecule has 1 aliphatic heterocycles.